The monoisotopic (exact) mass is 238 g/mol. The van der Waals surface area contributed by atoms with Gasteiger partial charge in [-0.1, -0.05) is 43.3 Å². The molecule has 0 saturated carbocycles. The number of halogens is 1. The molecule has 2 heteroatoms. The Kier molecular flexibility index (Phi) is 3.90. The van der Waals surface area contributed by atoms with Gasteiger partial charge in [-0.25, -0.2) is 0 Å². The second kappa shape index (κ2) is 4.97. The van der Waals surface area contributed by atoms with Crippen molar-refractivity contribution in [2.24, 2.45) is 0 Å². The number of ketones is 1. The van der Waals surface area contributed by atoms with E-state index in [0.717, 1.165) is 12.0 Å². The van der Waals surface area contributed by atoms with Crippen LogP contribution in [0, 0.1) is 0 Å². The van der Waals surface area contributed by atoms with Gasteiger partial charge < -0.3 is 0 Å². The van der Waals surface area contributed by atoms with Gasteiger partial charge in [0.05, 0.1) is 4.48 Å². The Bertz CT molecular complexity index is 314. The molecule has 0 fully saturated rings. The molecule has 1 rings (SSSR count). The van der Waals surface area contributed by atoms with Crippen molar-refractivity contribution in [1.29, 1.82) is 0 Å². The largest absolute Gasteiger partial charge is 0.288 e. The molecule has 68 valence electrons. The molecule has 0 aromatic heterocycles. The Morgan fingerprint density at radius 3 is 2.54 bits per heavy atom. The Labute approximate surface area is 86.6 Å². The van der Waals surface area contributed by atoms with Crippen LogP contribution in [0.1, 0.15) is 23.7 Å². The third-order valence-electron chi connectivity index (χ3n) is 1.64. The highest BCUT2D eigenvalue weighted by Gasteiger charge is 2.07. The fourth-order valence-corrected chi connectivity index (χ4v) is 1.55. The molecule has 0 radical (unpaired) electrons. The van der Waals surface area contributed by atoms with E-state index >= 15 is 0 Å². The minimum absolute atomic E-state index is 0.0439. The van der Waals surface area contributed by atoms with Crippen LogP contribution in [0.4, 0.5) is 0 Å². The van der Waals surface area contributed by atoms with Gasteiger partial charge in [0.25, 0.3) is 0 Å². The Morgan fingerprint density at radius 2 is 2.00 bits per heavy atom. The molecule has 0 saturated heterocycles. The van der Waals surface area contributed by atoms with Crippen LogP contribution >= 0.6 is 15.9 Å². The molecule has 0 unspecified atom stereocenters. The lowest BCUT2D eigenvalue weighted by atomic mass is 10.1. The van der Waals surface area contributed by atoms with E-state index in [9.17, 15) is 4.79 Å². The van der Waals surface area contributed by atoms with Gasteiger partial charge in [-0.15, -0.1) is 0 Å². The van der Waals surface area contributed by atoms with Crippen molar-refractivity contribution in [1.82, 2.24) is 0 Å². The summed E-state index contributed by atoms with van der Waals surface area (Å²) in [5.74, 6) is 0.0439. The summed E-state index contributed by atoms with van der Waals surface area (Å²) < 4.78 is 0.640. The molecule has 0 amide bonds. The molecule has 1 aromatic carbocycles. The summed E-state index contributed by atoms with van der Waals surface area (Å²) in [6.45, 7) is 2.00. The standard InChI is InChI=1S/C11H11BrO/c1-2-6-10(12)11(13)9-7-4-3-5-8-9/h3-8H,2H2,1H3/b10-6-. The molecule has 1 aromatic rings. The molecular formula is C11H11BrO. The quantitative estimate of drug-likeness (QED) is 0.582. The number of carbonyl (C=O) groups is 1. The number of hydrogen-bond acceptors (Lipinski definition) is 1. The Morgan fingerprint density at radius 1 is 1.38 bits per heavy atom. The van der Waals surface area contributed by atoms with Crippen molar-refractivity contribution in [3.05, 3.63) is 46.5 Å². The number of hydrogen-bond donors (Lipinski definition) is 0. The van der Waals surface area contributed by atoms with Crippen LogP contribution in [-0.2, 0) is 0 Å². The number of benzene rings is 1. The predicted octanol–water partition coefficient (Wildman–Crippen LogP) is 3.56. The van der Waals surface area contributed by atoms with E-state index in [1.807, 2.05) is 43.3 Å². The third-order valence-corrected chi connectivity index (χ3v) is 2.32. The lowest BCUT2D eigenvalue weighted by molar-refractivity contribution is 0.104. The summed E-state index contributed by atoms with van der Waals surface area (Å²) in [6, 6.07) is 9.24. The molecule has 1 nitrogen and oxygen atoms in total. The normalized spacial score (nSPS) is 11.4. The Balaban J connectivity index is 2.86. The fraction of sp³-hybridized carbons (Fsp3) is 0.182. The second-order valence-electron chi connectivity index (χ2n) is 2.66. The van der Waals surface area contributed by atoms with E-state index in [0.29, 0.717) is 4.48 Å². The molecule has 0 bridgehead atoms. The smallest absolute Gasteiger partial charge is 0.199 e. The van der Waals surface area contributed by atoms with Crippen molar-refractivity contribution in [2.45, 2.75) is 13.3 Å². The van der Waals surface area contributed by atoms with Crippen LogP contribution in [-0.4, -0.2) is 5.78 Å². The first kappa shape index (κ1) is 10.2. The molecule has 13 heavy (non-hydrogen) atoms. The topological polar surface area (TPSA) is 17.1 Å². The average molecular weight is 239 g/mol. The summed E-state index contributed by atoms with van der Waals surface area (Å²) in [7, 11) is 0. The molecule has 0 aliphatic heterocycles. The average Bonchev–Trinajstić information content (AvgIpc) is 2.18. The summed E-state index contributed by atoms with van der Waals surface area (Å²) in [6.07, 6.45) is 2.73. The summed E-state index contributed by atoms with van der Waals surface area (Å²) in [4.78, 5) is 11.6. The molecule has 0 spiro atoms. The van der Waals surface area contributed by atoms with Crippen LogP contribution in [0.3, 0.4) is 0 Å². The number of rotatable bonds is 3. The van der Waals surface area contributed by atoms with Gasteiger partial charge in [0.15, 0.2) is 5.78 Å². The van der Waals surface area contributed by atoms with Crippen molar-refractivity contribution < 1.29 is 4.79 Å². The fourth-order valence-electron chi connectivity index (χ4n) is 0.999. The summed E-state index contributed by atoms with van der Waals surface area (Å²) >= 11 is 3.25. The van der Waals surface area contributed by atoms with Crippen molar-refractivity contribution in [3.63, 3.8) is 0 Å². The number of allylic oxidation sites excluding steroid dienone is 2. The third kappa shape index (κ3) is 2.81. The highest BCUT2D eigenvalue weighted by molar-refractivity contribution is 9.12. The van der Waals surface area contributed by atoms with Crippen molar-refractivity contribution in [2.75, 3.05) is 0 Å². The van der Waals surface area contributed by atoms with Crippen LogP contribution in [0.2, 0.25) is 0 Å². The molecule has 0 heterocycles. The van der Waals surface area contributed by atoms with Crippen LogP contribution in [0.15, 0.2) is 40.9 Å². The summed E-state index contributed by atoms with van der Waals surface area (Å²) in [5.41, 5.74) is 0.721. The molecular weight excluding hydrogens is 228 g/mol. The molecule has 0 N–H and O–H groups in total. The van der Waals surface area contributed by atoms with Gasteiger partial charge in [-0.05, 0) is 22.4 Å². The first-order chi connectivity index (χ1) is 6.25. The van der Waals surface area contributed by atoms with Crippen LogP contribution < -0.4 is 0 Å². The molecule has 0 aliphatic carbocycles. The zero-order valence-electron chi connectivity index (χ0n) is 7.46. The zero-order valence-corrected chi connectivity index (χ0v) is 9.04. The van der Waals surface area contributed by atoms with Gasteiger partial charge in [-0.3, -0.25) is 4.79 Å². The SMILES string of the molecule is CC/C=C(\Br)C(=O)c1ccccc1. The van der Waals surface area contributed by atoms with Crippen LogP contribution in [0.25, 0.3) is 0 Å². The second-order valence-corrected chi connectivity index (χ2v) is 3.51. The van der Waals surface area contributed by atoms with Gasteiger partial charge in [0.2, 0.25) is 0 Å². The Hall–Kier alpha value is -0.890. The highest BCUT2D eigenvalue weighted by Crippen LogP contribution is 2.14. The minimum Gasteiger partial charge on any atom is -0.288 e. The molecule has 0 atom stereocenters. The predicted molar refractivity (Wildman–Crippen MR) is 58.1 cm³/mol. The lowest BCUT2D eigenvalue weighted by Gasteiger charge is -1.97. The first-order valence-corrected chi connectivity index (χ1v) is 5.00. The van der Waals surface area contributed by atoms with Gasteiger partial charge in [0, 0.05) is 5.56 Å². The maximum absolute atomic E-state index is 11.6. The van der Waals surface area contributed by atoms with E-state index in [1.165, 1.54) is 0 Å². The molecule has 0 aliphatic rings. The van der Waals surface area contributed by atoms with Crippen molar-refractivity contribution in [3.8, 4) is 0 Å². The van der Waals surface area contributed by atoms with E-state index in [2.05, 4.69) is 15.9 Å². The van der Waals surface area contributed by atoms with E-state index in [1.54, 1.807) is 0 Å². The van der Waals surface area contributed by atoms with Crippen molar-refractivity contribution >= 4 is 21.7 Å². The number of Topliss-reactive ketones (excluding diaryl/α,β-unsaturated/α-hetero) is 1. The van der Waals surface area contributed by atoms with E-state index < -0.39 is 0 Å². The summed E-state index contributed by atoms with van der Waals surface area (Å²) in [5, 5.41) is 0. The minimum atomic E-state index is 0.0439. The first-order valence-electron chi connectivity index (χ1n) is 4.21. The number of carbonyl (C=O) groups excluding carboxylic acids is 1. The van der Waals surface area contributed by atoms with Gasteiger partial charge in [-0.2, -0.15) is 0 Å². The van der Waals surface area contributed by atoms with Gasteiger partial charge in [0.1, 0.15) is 0 Å². The van der Waals surface area contributed by atoms with E-state index in [-0.39, 0.29) is 5.78 Å². The van der Waals surface area contributed by atoms with Crippen LogP contribution in [0.5, 0.6) is 0 Å². The maximum Gasteiger partial charge on any atom is 0.199 e. The van der Waals surface area contributed by atoms with E-state index in [4.69, 9.17) is 0 Å². The lowest BCUT2D eigenvalue weighted by Crippen LogP contribution is -1.97. The highest BCUT2D eigenvalue weighted by atomic mass is 79.9. The van der Waals surface area contributed by atoms with Gasteiger partial charge >= 0.3 is 0 Å². The maximum atomic E-state index is 11.6. The zero-order chi connectivity index (χ0) is 9.68.